The van der Waals surface area contributed by atoms with Gasteiger partial charge in [0.25, 0.3) is 0 Å². The number of aromatic hydroxyl groups is 2. The number of benzene rings is 2. The van der Waals surface area contributed by atoms with Gasteiger partial charge < -0.3 is 63.8 Å². The van der Waals surface area contributed by atoms with Crippen molar-refractivity contribution in [3.8, 4) is 34.3 Å². The van der Waals surface area contributed by atoms with E-state index in [4.69, 9.17) is 28.1 Å². The Balaban J connectivity index is 1.56. The zero-order chi connectivity index (χ0) is 31.2. The van der Waals surface area contributed by atoms with E-state index in [1.807, 2.05) is 0 Å². The second-order valence-corrected chi connectivity index (χ2v) is 10.2. The molecule has 0 spiro atoms. The van der Waals surface area contributed by atoms with Crippen LogP contribution < -0.4 is 14.9 Å². The highest BCUT2D eigenvalue weighted by Crippen LogP contribution is 2.38. The Morgan fingerprint density at radius 1 is 0.907 bits per heavy atom. The number of phenolic OH excluding ortho intramolecular Hbond substituents is 2. The lowest BCUT2D eigenvalue weighted by molar-refractivity contribution is -0.268. The number of ether oxygens (including phenoxy) is 5. The fourth-order valence-corrected chi connectivity index (χ4v) is 4.88. The minimum absolute atomic E-state index is 0.0974. The van der Waals surface area contributed by atoms with Crippen molar-refractivity contribution in [2.75, 3.05) is 6.61 Å². The summed E-state index contributed by atoms with van der Waals surface area (Å²) in [6.07, 6.45) is -12.7. The summed E-state index contributed by atoms with van der Waals surface area (Å²) in [5.41, 5.74) is -0.910. The molecule has 15 nitrogen and oxygen atoms in total. The first-order chi connectivity index (χ1) is 20.4. The molecule has 3 heterocycles. The smallest absolute Gasteiger partial charge is 0.303 e. The molecule has 0 bridgehead atoms. The first-order valence-corrected chi connectivity index (χ1v) is 13.2. The molecule has 0 amide bonds. The third-order valence-electron chi connectivity index (χ3n) is 7.10. The Morgan fingerprint density at radius 2 is 1.58 bits per heavy atom. The molecule has 2 aliphatic heterocycles. The van der Waals surface area contributed by atoms with Crippen LogP contribution in [0.25, 0.3) is 22.3 Å². The van der Waals surface area contributed by atoms with Gasteiger partial charge in [-0.1, -0.05) is 0 Å². The van der Waals surface area contributed by atoms with Crippen molar-refractivity contribution in [1.29, 1.82) is 0 Å². The van der Waals surface area contributed by atoms with E-state index >= 15 is 0 Å². The number of phenols is 2. The van der Waals surface area contributed by atoms with Crippen LogP contribution in [0.2, 0.25) is 0 Å². The number of hydrogen-bond donors (Lipinski definition) is 7. The van der Waals surface area contributed by atoms with Gasteiger partial charge in [-0.3, -0.25) is 9.59 Å². The lowest BCUT2D eigenvalue weighted by atomic mass is 10.00. The molecule has 0 unspecified atom stereocenters. The highest BCUT2D eigenvalue weighted by molar-refractivity contribution is 5.88. The van der Waals surface area contributed by atoms with Gasteiger partial charge in [-0.2, -0.15) is 0 Å². The molecule has 2 aliphatic rings. The van der Waals surface area contributed by atoms with Crippen molar-refractivity contribution >= 4 is 16.9 Å². The number of carbonyl (C=O) groups is 1. The van der Waals surface area contributed by atoms with Gasteiger partial charge in [0.05, 0.1) is 12.7 Å². The number of aliphatic hydroxyl groups is 5. The van der Waals surface area contributed by atoms with E-state index in [1.165, 1.54) is 37.3 Å². The molecule has 0 radical (unpaired) electrons. The third-order valence-corrected chi connectivity index (χ3v) is 7.10. The summed E-state index contributed by atoms with van der Waals surface area (Å²) in [4.78, 5) is 25.3. The van der Waals surface area contributed by atoms with Gasteiger partial charge in [0.15, 0.2) is 18.0 Å². The largest absolute Gasteiger partial charge is 0.508 e. The second kappa shape index (κ2) is 12.0. The predicted octanol–water partition coefficient (Wildman–Crippen LogP) is -0.534. The van der Waals surface area contributed by atoms with Crippen LogP contribution in [0.1, 0.15) is 13.8 Å². The van der Waals surface area contributed by atoms with Crippen LogP contribution in [0, 0.1) is 0 Å². The van der Waals surface area contributed by atoms with E-state index in [9.17, 15) is 45.3 Å². The van der Waals surface area contributed by atoms with Crippen molar-refractivity contribution in [1.82, 2.24) is 0 Å². The van der Waals surface area contributed by atoms with Gasteiger partial charge in [-0.15, -0.1) is 0 Å². The molecule has 0 aliphatic carbocycles. The van der Waals surface area contributed by atoms with Crippen LogP contribution in [0.15, 0.2) is 45.6 Å². The number of esters is 1. The van der Waals surface area contributed by atoms with Gasteiger partial charge in [0, 0.05) is 24.6 Å². The fraction of sp³-hybridized carbons (Fsp3) is 0.429. The molecular formula is C28H30O15. The van der Waals surface area contributed by atoms with E-state index in [0.717, 1.165) is 13.0 Å². The summed E-state index contributed by atoms with van der Waals surface area (Å²) in [5, 5.41) is 71.0. The van der Waals surface area contributed by atoms with Crippen LogP contribution in [-0.2, 0) is 19.0 Å². The number of fused-ring (bicyclic) bond motifs is 1. The van der Waals surface area contributed by atoms with Gasteiger partial charge in [0.2, 0.25) is 23.8 Å². The highest BCUT2D eigenvalue weighted by Gasteiger charge is 2.48. The monoisotopic (exact) mass is 606 g/mol. The molecule has 2 aromatic carbocycles. The molecular weight excluding hydrogens is 576 g/mol. The molecule has 232 valence electrons. The molecule has 9 atom stereocenters. The Bertz CT molecular complexity index is 1540. The summed E-state index contributed by atoms with van der Waals surface area (Å²) in [6, 6.07) is 7.65. The van der Waals surface area contributed by atoms with Crippen molar-refractivity contribution in [2.24, 2.45) is 0 Å². The van der Waals surface area contributed by atoms with E-state index < -0.39 is 84.8 Å². The number of hydrogen-bond acceptors (Lipinski definition) is 15. The Labute approximate surface area is 242 Å². The van der Waals surface area contributed by atoms with Gasteiger partial charge in [-0.25, -0.2) is 0 Å². The van der Waals surface area contributed by atoms with Crippen LogP contribution in [0.5, 0.6) is 23.0 Å². The Morgan fingerprint density at radius 3 is 2.23 bits per heavy atom. The van der Waals surface area contributed by atoms with E-state index in [2.05, 4.69) is 0 Å². The lowest BCUT2D eigenvalue weighted by Gasteiger charge is -2.38. The minimum Gasteiger partial charge on any atom is -0.508 e. The summed E-state index contributed by atoms with van der Waals surface area (Å²) < 4.78 is 33.3. The first kappa shape index (κ1) is 30.5. The van der Waals surface area contributed by atoms with Crippen molar-refractivity contribution in [3.05, 3.63) is 46.6 Å². The summed E-state index contributed by atoms with van der Waals surface area (Å²) in [7, 11) is 0. The average Bonchev–Trinajstić information content (AvgIpc) is 3.25. The second-order valence-electron chi connectivity index (χ2n) is 10.2. The topological polar surface area (TPSA) is 235 Å². The van der Waals surface area contributed by atoms with Crippen LogP contribution in [0.4, 0.5) is 0 Å². The quantitative estimate of drug-likeness (QED) is 0.167. The van der Waals surface area contributed by atoms with Gasteiger partial charge in [-0.05, 0) is 31.2 Å². The molecule has 1 aromatic heterocycles. The fourth-order valence-electron chi connectivity index (χ4n) is 4.88. The van der Waals surface area contributed by atoms with E-state index in [-0.39, 0.29) is 33.8 Å². The number of rotatable bonds is 7. The van der Waals surface area contributed by atoms with E-state index in [0.29, 0.717) is 0 Å². The van der Waals surface area contributed by atoms with Crippen LogP contribution in [-0.4, -0.2) is 104 Å². The zero-order valence-electron chi connectivity index (χ0n) is 22.8. The minimum atomic E-state index is -1.66. The van der Waals surface area contributed by atoms with Crippen molar-refractivity contribution in [2.45, 2.75) is 69.2 Å². The Hall–Kier alpha value is -3.96. The number of carbonyl (C=O) groups excluding carboxylic acids is 1. The maximum atomic E-state index is 13.8. The summed E-state index contributed by atoms with van der Waals surface area (Å²) in [5.74, 6) is -2.37. The molecule has 7 N–H and O–H groups in total. The average molecular weight is 607 g/mol. The molecule has 0 saturated carbocycles. The maximum absolute atomic E-state index is 13.8. The molecule has 43 heavy (non-hydrogen) atoms. The number of aliphatic hydroxyl groups excluding tert-OH is 5. The van der Waals surface area contributed by atoms with Gasteiger partial charge in [0.1, 0.15) is 52.6 Å². The Kier molecular flexibility index (Phi) is 8.49. The molecule has 5 rings (SSSR count). The van der Waals surface area contributed by atoms with Crippen molar-refractivity contribution in [3.63, 3.8) is 0 Å². The summed E-state index contributed by atoms with van der Waals surface area (Å²) in [6.45, 7) is 1.91. The third kappa shape index (κ3) is 5.83. The molecule has 2 fully saturated rings. The predicted molar refractivity (Wildman–Crippen MR) is 142 cm³/mol. The van der Waals surface area contributed by atoms with Gasteiger partial charge >= 0.3 is 5.97 Å². The molecule has 2 saturated heterocycles. The SMILES string of the molecule is CC(=O)O[C@@H]1[C@@H](O)[C@@H](Oc2c(-c3ccc(O)cc3)oc3cc(O[C@@H]4O[C@H](C)[C@H](O)[C@H](O)[C@H]4O)cc(O)c3c2=O)O[C@H]1CO. The summed E-state index contributed by atoms with van der Waals surface area (Å²) >= 11 is 0. The van der Waals surface area contributed by atoms with Crippen LogP contribution in [0.3, 0.4) is 0 Å². The molecule has 3 aromatic rings. The lowest BCUT2D eigenvalue weighted by Crippen LogP contribution is -2.58. The van der Waals surface area contributed by atoms with E-state index in [1.54, 1.807) is 0 Å². The zero-order valence-corrected chi connectivity index (χ0v) is 22.8. The van der Waals surface area contributed by atoms with Crippen molar-refractivity contribution < 1.29 is 68.6 Å². The highest BCUT2D eigenvalue weighted by atomic mass is 16.7. The molecule has 15 heteroatoms. The maximum Gasteiger partial charge on any atom is 0.303 e. The standard InChI is InChI=1S/C28H30O15/c1-10-19(33)21(35)22(36)27(38-10)40-14-7-15(32)18-16(8-14)41-24(12-3-5-13(31)6-4-12)26(20(18)34)43-28-23(37)25(39-11(2)30)17(9-29)42-28/h3-8,10,17,19,21-23,25,27-29,31-33,35-37H,9H2,1-2H3/t10-,17+,19+,21+,22-,23-,25+,27+,28-/m1/s1. The van der Waals surface area contributed by atoms with Crippen LogP contribution >= 0.6 is 0 Å². The first-order valence-electron chi connectivity index (χ1n) is 13.2. The normalized spacial score (nSPS) is 30.7.